The summed E-state index contributed by atoms with van der Waals surface area (Å²) < 4.78 is 1.68. The quantitative estimate of drug-likeness (QED) is 0.806. The van der Waals surface area contributed by atoms with E-state index < -0.39 is 0 Å². The molecule has 2 rings (SSSR count). The van der Waals surface area contributed by atoms with Crippen molar-refractivity contribution < 1.29 is 4.79 Å². The van der Waals surface area contributed by atoms with Crippen LogP contribution in [0.1, 0.15) is 22.5 Å². The number of rotatable bonds is 5. The van der Waals surface area contributed by atoms with Crippen LogP contribution in [0.15, 0.2) is 18.6 Å². The lowest BCUT2D eigenvalue weighted by Gasteiger charge is -2.09. The molecule has 0 fully saturated rings. The smallest absolute Gasteiger partial charge is 0.253 e. The molecular formula is C13H19N5O. The van der Waals surface area contributed by atoms with Crippen molar-refractivity contribution in [1.29, 1.82) is 0 Å². The zero-order valence-electron chi connectivity index (χ0n) is 11.6. The van der Waals surface area contributed by atoms with E-state index in [9.17, 15) is 4.79 Å². The maximum absolute atomic E-state index is 12.1. The second-order valence-corrected chi connectivity index (χ2v) is 4.78. The van der Waals surface area contributed by atoms with E-state index in [1.54, 1.807) is 16.8 Å². The summed E-state index contributed by atoms with van der Waals surface area (Å²) in [6.07, 6.45) is 4.19. The minimum atomic E-state index is -0.0702. The molecule has 0 saturated carbocycles. The maximum Gasteiger partial charge on any atom is 0.253 e. The molecule has 1 N–H and O–H groups in total. The van der Waals surface area contributed by atoms with E-state index in [1.165, 1.54) is 6.33 Å². The predicted octanol–water partition coefficient (Wildman–Crippen LogP) is 0.719. The second-order valence-electron chi connectivity index (χ2n) is 4.78. The predicted molar refractivity (Wildman–Crippen MR) is 73.2 cm³/mol. The Morgan fingerprint density at radius 3 is 3.00 bits per heavy atom. The molecule has 0 aliphatic rings. The third-order valence-electron chi connectivity index (χ3n) is 2.95. The highest BCUT2D eigenvalue weighted by Crippen LogP contribution is 2.13. The van der Waals surface area contributed by atoms with Crippen LogP contribution in [0.25, 0.3) is 5.52 Å². The molecule has 19 heavy (non-hydrogen) atoms. The highest BCUT2D eigenvalue weighted by Gasteiger charge is 2.13. The fraction of sp³-hybridized carbons (Fsp3) is 0.462. The minimum Gasteiger partial charge on any atom is -0.352 e. The van der Waals surface area contributed by atoms with Crippen LogP contribution in [0.4, 0.5) is 0 Å². The Bertz CT molecular complexity index is 575. The number of aromatic nitrogens is 3. The Hall–Kier alpha value is -1.95. The first kappa shape index (κ1) is 13.5. The van der Waals surface area contributed by atoms with Crippen molar-refractivity contribution in [3.05, 3.63) is 29.8 Å². The van der Waals surface area contributed by atoms with Crippen LogP contribution in [-0.4, -0.2) is 52.6 Å². The Morgan fingerprint density at radius 1 is 1.47 bits per heavy atom. The molecule has 2 aromatic heterocycles. The summed E-state index contributed by atoms with van der Waals surface area (Å²) in [6, 6.07) is 1.78. The number of nitrogens with one attached hydrogen (secondary N) is 1. The Kier molecular flexibility index (Phi) is 4.11. The van der Waals surface area contributed by atoms with E-state index in [2.05, 4.69) is 20.3 Å². The molecule has 1 amide bonds. The Morgan fingerprint density at radius 2 is 2.26 bits per heavy atom. The van der Waals surface area contributed by atoms with Gasteiger partial charge in [0, 0.05) is 12.7 Å². The molecule has 6 nitrogen and oxygen atoms in total. The van der Waals surface area contributed by atoms with Gasteiger partial charge in [-0.1, -0.05) is 0 Å². The molecule has 102 valence electrons. The summed E-state index contributed by atoms with van der Waals surface area (Å²) in [6.45, 7) is 3.50. The number of nitrogens with zero attached hydrogens (tertiary/aromatic N) is 4. The van der Waals surface area contributed by atoms with Gasteiger partial charge in [-0.3, -0.25) is 4.79 Å². The van der Waals surface area contributed by atoms with Gasteiger partial charge in [0.1, 0.15) is 6.33 Å². The van der Waals surface area contributed by atoms with Gasteiger partial charge in [-0.25, -0.2) is 9.50 Å². The molecule has 0 spiro atoms. The molecule has 2 heterocycles. The molecule has 0 atom stereocenters. The zero-order valence-corrected chi connectivity index (χ0v) is 11.6. The standard InChI is InChI=1S/C13H19N5O/c1-10-12-11(5-8-18(12)16-9-15-10)13(19)14-6-4-7-17(2)3/h5,8-9H,4,6-7H2,1-3H3,(H,14,19). The maximum atomic E-state index is 12.1. The summed E-state index contributed by atoms with van der Waals surface area (Å²) in [5, 5.41) is 7.01. The van der Waals surface area contributed by atoms with Gasteiger partial charge in [0.05, 0.1) is 16.8 Å². The highest BCUT2D eigenvalue weighted by molar-refractivity contribution is 6.01. The fourth-order valence-corrected chi connectivity index (χ4v) is 1.98. The van der Waals surface area contributed by atoms with Crippen LogP contribution < -0.4 is 5.32 Å². The van der Waals surface area contributed by atoms with Gasteiger partial charge in [0.2, 0.25) is 0 Å². The average molecular weight is 261 g/mol. The third-order valence-corrected chi connectivity index (χ3v) is 2.95. The van der Waals surface area contributed by atoms with Crippen LogP contribution in [0.5, 0.6) is 0 Å². The molecule has 0 radical (unpaired) electrons. The average Bonchev–Trinajstić information content (AvgIpc) is 2.79. The lowest BCUT2D eigenvalue weighted by molar-refractivity contribution is 0.0954. The van der Waals surface area contributed by atoms with Crippen molar-refractivity contribution >= 4 is 11.4 Å². The van der Waals surface area contributed by atoms with Crippen LogP contribution in [0.2, 0.25) is 0 Å². The fourth-order valence-electron chi connectivity index (χ4n) is 1.98. The molecule has 0 saturated heterocycles. The van der Waals surface area contributed by atoms with Crippen molar-refractivity contribution in [2.24, 2.45) is 0 Å². The van der Waals surface area contributed by atoms with Gasteiger partial charge in [-0.05, 0) is 40.1 Å². The van der Waals surface area contributed by atoms with Crippen molar-refractivity contribution in [3.8, 4) is 0 Å². The van der Waals surface area contributed by atoms with Gasteiger partial charge >= 0.3 is 0 Å². The number of fused-ring (bicyclic) bond motifs is 1. The van der Waals surface area contributed by atoms with Gasteiger partial charge < -0.3 is 10.2 Å². The van der Waals surface area contributed by atoms with Crippen molar-refractivity contribution in [2.75, 3.05) is 27.2 Å². The third kappa shape index (κ3) is 3.08. The van der Waals surface area contributed by atoms with E-state index in [0.717, 1.165) is 24.2 Å². The molecule has 0 bridgehead atoms. The first-order valence-electron chi connectivity index (χ1n) is 6.31. The summed E-state index contributed by atoms with van der Waals surface area (Å²) in [4.78, 5) is 18.3. The second kappa shape index (κ2) is 5.79. The number of hydrogen-bond acceptors (Lipinski definition) is 4. The van der Waals surface area contributed by atoms with Crippen molar-refractivity contribution in [2.45, 2.75) is 13.3 Å². The summed E-state index contributed by atoms with van der Waals surface area (Å²) in [5.74, 6) is -0.0702. The molecular weight excluding hydrogens is 242 g/mol. The van der Waals surface area contributed by atoms with Gasteiger partial charge in [-0.2, -0.15) is 5.10 Å². The molecule has 0 aliphatic carbocycles. The molecule has 0 unspecified atom stereocenters. The largest absolute Gasteiger partial charge is 0.352 e. The number of hydrogen-bond donors (Lipinski definition) is 1. The lowest BCUT2D eigenvalue weighted by Crippen LogP contribution is -2.27. The SMILES string of the molecule is Cc1ncnn2ccc(C(=O)NCCCN(C)C)c12. The minimum absolute atomic E-state index is 0.0702. The zero-order chi connectivity index (χ0) is 13.8. The van der Waals surface area contributed by atoms with E-state index >= 15 is 0 Å². The summed E-state index contributed by atoms with van der Waals surface area (Å²) >= 11 is 0. The summed E-state index contributed by atoms with van der Waals surface area (Å²) in [5.41, 5.74) is 2.20. The number of carbonyl (C=O) groups excluding carboxylic acids is 1. The first-order chi connectivity index (χ1) is 9.09. The van der Waals surface area contributed by atoms with E-state index in [1.807, 2.05) is 21.0 Å². The molecule has 0 aliphatic heterocycles. The lowest BCUT2D eigenvalue weighted by atomic mass is 10.2. The molecule has 2 aromatic rings. The van der Waals surface area contributed by atoms with E-state index in [4.69, 9.17) is 0 Å². The normalized spacial score (nSPS) is 11.2. The number of aryl methyl sites for hydroxylation is 1. The van der Waals surface area contributed by atoms with Crippen LogP contribution in [0.3, 0.4) is 0 Å². The summed E-state index contributed by atoms with van der Waals surface area (Å²) in [7, 11) is 4.04. The van der Waals surface area contributed by atoms with Crippen LogP contribution in [0, 0.1) is 6.92 Å². The van der Waals surface area contributed by atoms with Gasteiger partial charge in [0.25, 0.3) is 5.91 Å². The Labute approximate surface area is 112 Å². The van der Waals surface area contributed by atoms with E-state index in [0.29, 0.717) is 12.1 Å². The van der Waals surface area contributed by atoms with Crippen molar-refractivity contribution in [1.82, 2.24) is 24.8 Å². The van der Waals surface area contributed by atoms with Gasteiger partial charge in [-0.15, -0.1) is 0 Å². The Balaban J connectivity index is 2.05. The first-order valence-corrected chi connectivity index (χ1v) is 6.31. The van der Waals surface area contributed by atoms with Crippen molar-refractivity contribution in [3.63, 3.8) is 0 Å². The van der Waals surface area contributed by atoms with E-state index in [-0.39, 0.29) is 5.91 Å². The van der Waals surface area contributed by atoms with Crippen LogP contribution in [-0.2, 0) is 0 Å². The van der Waals surface area contributed by atoms with Gasteiger partial charge in [0.15, 0.2) is 0 Å². The van der Waals surface area contributed by atoms with Crippen LogP contribution >= 0.6 is 0 Å². The monoisotopic (exact) mass is 261 g/mol. The number of amides is 1. The topological polar surface area (TPSA) is 62.5 Å². The number of carbonyl (C=O) groups is 1. The molecule has 6 heteroatoms. The highest BCUT2D eigenvalue weighted by atomic mass is 16.1. The molecule has 0 aromatic carbocycles.